The maximum Gasteiger partial charge on any atom is 0.326 e. The highest BCUT2D eigenvalue weighted by molar-refractivity contribution is 5.85. The maximum atomic E-state index is 11.8. The van der Waals surface area contributed by atoms with Gasteiger partial charge >= 0.3 is 12.4 Å². The minimum Gasteiger partial charge on any atom is -0.480 e. The zero-order valence-corrected chi connectivity index (χ0v) is 8.17. The summed E-state index contributed by atoms with van der Waals surface area (Å²) in [7, 11) is 0. The standard InChI is InChI=1S/C8H13F2NO3/c1-8(2,3)4(7(13)14)11-6(12)5(9)10/h4-5H,1-3H3,(H,11,12)(H,13,14). The van der Waals surface area contributed by atoms with Crippen LogP contribution in [0.2, 0.25) is 0 Å². The number of carbonyl (C=O) groups excluding carboxylic acids is 1. The van der Waals surface area contributed by atoms with Crippen LogP contribution in [0.5, 0.6) is 0 Å². The van der Waals surface area contributed by atoms with Crippen molar-refractivity contribution in [1.82, 2.24) is 5.32 Å². The summed E-state index contributed by atoms with van der Waals surface area (Å²) in [6.07, 6.45) is -3.20. The van der Waals surface area contributed by atoms with Crippen LogP contribution in [0.25, 0.3) is 0 Å². The van der Waals surface area contributed by atoms with E-state index in [-0.39, 0.29) is 0 Å². The highest BCUT2D eigenvalue weighted by Gasteiger charge is 2.34. The molecule has 0 aliphatic heterocycles. The molecule has 1 amide bonds. The molecule has 0 fully saturated rings. The number of rotatable bonds is 3. The van der Waals surface area contributed by atoms with Crippen molar-refractivity contribution in [2.24, 2.45) is 5.41 Å². The highest BCUT2D eigenvalue weighted by Crippen LogP contribution is 2.19. The average Bonchev–Trinajstić information content (AvgIpc) is 1.96. The summed E-state index contributed by atoms with van der Waals surface area (Å²) in [5.41, 5.74) is -0.809. The second-order valence-corrected chi connectivity index (χ2v) is 3.95. The van der Waals surface area contributed by atoms with E-state index >= 15 is 0 Å². The fraction of sp³-hybridized carbons (Fsp3) is 0.750. The maximum absolute atomic E-state index is 11.8. The third-order valence-electron chi connectivity index (χ3n) is 1.60. The molecule has 14 heavy (non-hydrogen) atoms. The molecule has 0 saturated heterocycles. The van der Waals surface area contributed by atoms with E-state index in [9.17, 15) is 18.4 Å². The van der Waals surface area contributed by atoms with Crippen molar-refractivity contribution in [3.8, 4) is 0 Å². The Morgan fingerprint density at radius 3 is 1.93 bits per heavy atom. The van der Waals surface area contributed by atoms with E-state index in [1.54, 1.807) is 5.32 Å². The van der Waals surface area contributed by atoms with Crippen molar-refractivity contribution in [3.05, 3.63) is 0 Å². The number of carboxylic acids is 1. The molecule has 0 rings (SSSR count). The van der Waals surface area contributed by atoms with Crippen LogP contribution in [-0.4, -0.2) is 29.5 Å². The molecule has 0 spiro atoms. The topological polar surface area (TPSA) is 66.4 Å². The summed E-state index contributed by atoms with van der Waals surface area (Å²) in [6, 6.07) is -1.32. The Morgan fingerprint density at radius 2 is 1.71 bits per heavy atom. The highest BCUT2D eigenvalue weighted by atomic mass is 19.3. The number of alkyl halides is 2. The monoisotopic (exact) mass is 209 g/mol. The lowest BCUT2D eigenvalue weighted by Gasteiger charge is -2.27. The summed E-state index contributed by atoms with van der Waals surface area (Å²) in [6.45, 7) is 4.62. The second-order valence-electron chi connectivity index (χ2n) is 3.95. The molecule has 6 heteroatoms. The lowest BCUT2D eigenvalue weighted by molar-refractivity contribution is -0.147. The Kier molecular flexibility index (Phi) is 3.97. The first-order chi connectivity index (χ1) is 6.16. The molecule has 0 aliphatic rings. The normalized spacial score (nSPS) is 13.9. The molecule has 0 aliphatic carbocycles. The first-order valence-corrected chi connectivity index (χ1v) is 3.97. The number of halogens is 2. The van der Waals surface area contributed by atoms with Crippen molar-refractivity contribution >= 4 is 11.9 Å². The van der Waals surface area contributed by atoms with Crippen molar-refractivity contribution in [1.29, 1.82) is 0 Å². The van der Waals surface area contributed by atoms with Crippen LogP contribution in [0.1, 0.15) is 20.8 Å². The molecule has 0 heterocycles. The summed E-state index contributed by atoms with van der Waals surface area (Å²) < 4.78 is 23.7. The zero-order chi connectivity index (χ0) is 11.5. The van der Waals surface area contributed by atoms with Gasteiger partial charge in [0.25, 0.3) is 5.91 Å². The first kappa shape index (κ1) is 12.8. The lowest BCUT2D eigenvalue weighted by atomic mass is 9.87. The molecule has 0 aromatic carbocycles. The Bertz CT molecular complexity index is 235. The van der Waals surface area contributed by atoms with Gasteiger partial charge in [-0.2, -0.15) is 8.78 Å². The van der Waals surface area contributed by atoms with E-state index in [2.05, 4.69) is 0 Å². The first-order valence-electron chi connectivity index (χ1n) is 3.97. The number of carbonyl (C=O) groups is 2. The smallest absolute Gasteiger partial charge is 0.326 e. The average molecular weight is 209 g/mol. The van der Waals surface area contributed by atoms with E-state index in [0.29, 0.717) is 0 Å². The van der Waals surface area contributed by atoms with Gasteiger partial charge in [-0.15, -0.1) is 0 Å². The molecule has 0 aromatic rings. The van der Waals surface area contributed by atoms with Gasteiger partial charge in [0.05, 0.1) is 0 Å². The molecule has 4 nitrogen and oxygen atoms in total. The molecule has 0 aromatic heterocycles. The Balaban J connectivity index is 4.56. The Morgan fingerprint density at radius 1 is 1.29 bits per heavy atom. The van der Waals surface area contributed by atoms with Gasteiger partial charge in [0.1, 0.15) is 6.04 Å². The minimum atomic E-state index is -3.20. The second kappa shape index (κ2) is 4.34. The quantitative estimate of drug-likeness (QED) is 0.724. The number of hydrogen-bond acceptors (Lipinski definition) is 2. The van der Waals surface area contributed by atoms with Gasteiger partial charge in [0.15, 0.2) is 0 Å². The van der Waals surface area contributed by atoms with Crippen molar-refractivity contribution < 1.29 is 23.5 Å². The van der Waals surface area contributed by atoms with Gasteiger partial charge in [-0.05, 0) is 5.41 Å². The van der Waals surface area contributed by atoms with Gasteiger partial charge in [0.2, 0.25) is 0 Å². The van der Waals surface area contributed by atoms with Crippen LogP contribution in [0.15, 0.2) is 0 Å². The van der Waals surface area contributed by atoms with Crippen LogP contribution in [-0.2, 0) is 9.59 Å². The molecule has 0 saturated carbocycles. The fourth-order valence-corrected chi connectivity index (χ4v) is 0.854. The van der Waals surface area contributed by atoms with Gasteiger partial charge in [-0.3, -0.25) is 4.79 Å². The van der Waals surface area contributed by atoms with Gasteiger partial charge in [-0.1, -0.05) is 20.8 Å². The molecule has 0 bridgehead atoms. The van der Waals surface area contributed by atoms with E-state index in [0.717, 1.165) is 0 Å². The Labute approximate surface area is 80.3 Å². The van der Waals surface area contributed by atoms with Crippen LogP contribution < -0.4 is 5.32 Å². The van der Waals surface area contributed by atoms with Crippen LogP contribution in [0.4, 0.5) is 8.78 Å². The predicted molar refractivity (Wildman–Crippen MR) is 45.0 cm³/mol. The molecule has 1 atom stereocenters. The van der Waals surface area contributed by atoms with E-state index < -0.39 is 29.8 Å². The Hall–Kier alpha value is -1.20. The van der Waals surface area contributed by atoms with Crippen LogP contribution >= 0.6 is 0 Å². The molecular formula is C8H13F2NO3. The number of aliphatic carboxylic acids is 1. The van der Waals surface area contributed by atoms with E-state index in [1.165, 1.54) is 20.8 Å². The van der Waals surface area contributed by atoms with Crippen LogP contribution in [0.3, 0.4) is 0 Å². The summed E-state index contributed by atoms with van der Waals surface area (Å²) >= 11 is 0. The number of carboxylic acid groups (broad SMARTS) is 1. The van der Waals surface area contributed by atoms with Crippen molar-refractivity contribution in [2.75, 3.05) is 0 Å². The molecule has 1 unspecified atom stereocenters. The summed E-state index contributed by atoms with van der Waals surface area (Å²) in [4.78, 5) is 21.2. The molecule has 82 valence electrons. The van der Waals surface area contributed by atoms with Gasteiger partial charge < -0.3 is 10.4 Å². The van der Waals surface area contributed by atoms with Gasteiger partial charge in [-0.25, -0.2) is 4.79 Å². The number of nitrogens with one attached hydrogen (secondary N) is 1. The third kappa shape index (κ3) is 3.68. The van der Waals surface area contributed by atoms with E-state index in [4.69, 9.17) is 5.11 Å². The molecule has 0 radical (unpaired) electrons. The van der Waals surface area contributed by atoms with Crippen molar-refractivity contribution in [2.45, 2.75) is 33.2 Å². The lowest BCUT2D eigenvalue weighted by Crippen LogP contribution is -2.50. The fourth-order valence-electron chi connectivity index (χ4n) is 0.854. The third-order valence-corrected chi connectivity index (χ3v) is 1.60. The largest absolute Gasteiger partial charge is 0.480 e. The SMILES string of the molecule is CC(C)(C)C(NC(=O)C(F)F)C(=O)O. The van der Waals surface area contributed by atoms with Gasteiger partial charge in [0, 0.05) is 0 Å². The van der Waals surface area contributed by atoms with Crippen LogP contribution in [0, 0.1) is 5.41 Å². The molecule has 2 N–H and O–H groups in total. The summed E-state index contributed by atoms with van der Waals surface area (Å²) in [5.74, 6) is -2.89. The molecular weight excluding hydrogens is 196 g/mol. The van der Waals surface area contributed by atoms with E-state index in [1.807, 2.05) is 0 Å². The number of hydrogen-bond donors (Lipinski definition) is 2. The predicted octanol–water partition coefficient (Wildman–Crippen LogP) is 0.867. The van der Waals surface area contributed by atoms with Crippen molar-refractivity contribution in [3.63, 3.8) is 0 Å². The zero-order valence-electron chi connectivity index (χ0n) is 8.17. The summed E-state index contributed by atoms with van der Waals surface area (Å²) in [5, 5.41) is 10.4. The minimum absolute atomic E-state index is 0.809. The number of amides is 1.